The minimum atomic E-state index is -0.615. The van der Waals surface area contributed by atoms with E-state index in [2.05, 4.69) is 14.7 Å². The average Bonchev–Trinajstić information content (AvgIpc) is 2.72. The maximum Gasteiger partial charge on any atom is 0.337 e. The van der Waals surface area contributed by atoms with Crippen LogP contribution in [0, 0.1) is 10.6 Å². The Balaban J connectivity index is 1.97. The van der Waals surface area contributed by atoms with Crippen molar-refractivity contribution in [2.45, 2.75) is 6.54 Å². The van der Waals surface area contributed by atoms with Crippen molar-refractivity contribution >= 4 is 30.1 Å². The Morgan fingerprint density at radius 1 is 1.31 bits per heavy atom. The Morgan fingerprint density at radius 2 is 2.03 bits per heavy atom. The molecule has 7 nitrogen and oxygen atoms in total. The van der Waals surface area contributed by atoms with E-state index < -0.39 is 11.5 Å². The van der Waals surface area contributed by atoms with Crippen LogP contribution in [-0.2, 0) is 11.3 Å². The molecule has 3 rings (SSSR count). The molecule has 3 aromatic rings. The fourth-order valence-electron chi connectivity index (χ4n) is 2.58. The number of aromatic amines is 1. The summed E-state index contributed by atoms with van der Waals surface area (Å²) in [5.74, 6) is -1.28. The maximum absolute atomic E-state index is 13.1. The summed E-state index contributed by atoms with van der Waals surface area (Å²) in [6.45, 7) is 0.125. The predicted molar refractivity (Wildman–Crippen MR) is 108 cm³/mol. The van der Waals surface area contributed by atoms with Crippen molar-refractivity contribution < 1.29 is 19.0 Å². The molecule has 0 saturated heterocycles. The number of benzene rings is 2. The van der Waals surface area contributed by atoms with Gasteiger partial charge in [-0.15, -0.1) is 0 Å². The molecule has 0 bridgehead atoms. The fraction of sp³-hybridized carbons (Fsp3) is 0.100. The number of nitrogens with zero attached hydrogens (tertiary/aromatic N) is 2. The summed E-state index contributed by atoms with van der Waals surface area (Å²) in [5, 5.41) is 10.6. The van der Waals surface area contributed by atoms with Gasteiger partial charge in [0, 0.05) is 6.21 Å². The minimum absolute atomic E-state index is 0.0154. The fourth-order valence-corrected chi connectivity index (χ4v) is 2.82. The Bertz CT molecular complexity index is 1200. The van der Waals surface area contributed by atoms with E-state index >= 15 is 0 Å². The minimum Gasteiger partial charge on any atom is -0.494 e. The van der Waals surface area contributed by atoms with Crippen molar-refractivity contribution in [3.05, 3.63) is 86.2 Å². The molecule has 0 fully saturated rings. The van der Waals surface area contributed by atoms with Gasteiger partial charge in [-0.3, -0.25) is 19.3 Å². The molecule has 9 heteroatoms. The summed E-state index contributed by atoms with van der Waals surface area (Å²) < 4.78 is 19.1. The van der Waals surface area contributed by atoms with Gasteiger partial charge in [0.25, 0.3) is 5.56 Å². The Morgan fingerprint density at radius 3 is 2.72 bits per heavy atom. The van der Waals surface area contributed by atoms with Crippen molar-refractivity contribution in [1.82, 2.24) is 9.55 Å². The zero-order valence-corrected chi connectivity index (χ0v) is 16.1. The van der Waals surface area contributed by atoms with Crippen LogP contribution in [0.25, 0.3) is 0 Å². The normalized spacial score (nSPS) is 11.0. The van der Waals surface area contributed by atoms with Crippen molar-refractivity contribution in [1.29, 1.82) is 0 Å². The van der Waals surface area contributed by atoms with Crippen LogP contribution in [0.2, 0.25) is 0 Å². The number of esters is 1. The first-order valence-electron chi connectivity index (χ1n) is 8.42. The number of hydrogen-bond acceptors (Lipinski definition) is 6. The highest BCUT2D eigenvalue weighted by atomic mass is 32.1. The van der Waals surface area contributed by atoms with Crippen LogP contribution in [0.3, 0.4) is 0 Å². The Hall–Kier alpha value is -3.59. The summed E-state index contributed by atoms with van der Waals surface area (Å²) in [6.07, 6.45) is 1.18. The molecule has 2 aromatic carbocycles. The third kappa shape index (κ3) is 4.64. The van der Waals surface area contributed by atoms with Gasteiger partial charge in [0.2, 0.25) is 5.88 Å². The van der Waals surface area contributed by atoms with E-state index in [1.165, 1.54) is 36.1 Å². The lowest BCUT2D eigenvalue weighted by atomic mass is 10.2. The molecule has 0 atom stereocenters. The molecule has 0 unspecified atom stereocenters. The summed E-state index contributed by atoms with van der Waals surface area (Å²) in [4.78, 5) is 30.5. The first-order valence-corrected chi connectivity index (χ1v) is 8.83. The lowest BCUT2D eigenvalue weighted by Crippen LogP contribution is -2.19. The van der Waals surface area contributed by atoms with Gasteiger partial charge in [-0.2, -0.15) is 0 Å². The average molecular weight is 413 g/mol. The molecule has 0 amide bonds. The van der Waals surface area contributed by atoms with E-state index in [1.807, 2.05) is 0 Å². The third-order valence-corrected chi connectivity index (χ3v) is 4.39. The van der Waals surface area contributed by atoms with Crippen molar-refractivity contribution in [3.63, 3.8) is 0 Å². The smallest absolute Gasteiger partial charge is 0.337 e. The lowest BCUT2D eigenvalue weighted by Gasteiger charge is -2.11. The zero-order valence-electron chi connectivity index (χ0n) is 15.3. The molecule has 0 saturated carbocycles. The number of rotatable bonds is 5. The number of carbonyl (C=O) groups excluding carboxylic acids is 1. The van der Waals surface area contributed by atoms with E-state index in [1.54, 1.807) is 30.3 Å². The van der Waals surface area contributed by atoms with Gasteiger partial charge in [-0.25, -0.2) is 9.18 Å². The summed E-state index contributed by atoms with van der Waals surface area (Å²) in [6, 6.07) is 12.0. The number of aromatic hydroxyl groups is 1. The number of nitrogens with one attached hydrogen (secondary N) is 1. The molecule has 29 heavy (non-hydrogen) atoms. The van der Waals surface area contributed by atoms with Crippen LogP contribution in [0.5, 0.6) is 5.88 Å². The predicted octanol–water partition coefficient (Wildman–Crippen LogP) is 3.34. The van der Waals surface area contributed by atoms with Crippen LogP contribution in [-0.4, -0.2) is 34.0 Å². The van der Waals surface area contributed by atoms with E-state index in [-0.39, 0.29) is 28.6 Å². The second kappa shape index (κ2) is 8.61. The number of ether oxygens (including phenoxy) is 1. The van der Waals surface area contributed by atoms with Gasteiger partial charge in [0.1, 0.15) is 11.4 Å². The molecule has 148 valence electrons. The highest BCUT2D eigenvalue weighted by Gasteiger charge is 2.12. The molecule has 0 aliphatic rings. The van der Waals surface area contributed by atoms with E-state index in [9.17, 15) is 19.1 Å². The van der Waals surface area contributed by atoms with Crippen LogP contribution >= 0.6 is 12.2 Å². The van der Waals surface area contributed by atoms with Crippen molar-refractivity contribution in [3.8, 4) is 5.88 Å². The number of H-pyrrole nitrogens is 1. The first kappa shape index (κ1) is 20.2. The first-order chi connectivity index (χ1) is 13.9. The topological polar surface area (TPSA) is 96.7 Å². The standard InChI is InChI=1S/C20H16FN3O4S/c1-28-19(27)13-3-2-4-15(9-13)22-10-16-17(25)23-20(29)24(18(16)26)11-12-5-7-14(21)8-6-12/h2-10,26H,11H2,1H3,(H,23,25,29). The number of aromatic nitrogens is 2. The zero-order chi connectivity index (χ0) is 21.0. The molecule has 0 spiro atoms. The molecule has 0 aliphatic carbocycles. The molecule has 2 N–H and O–H groups in total. The maximum atomic E-state index is 13.1. The second-order valence-electron chi connectivity index (χ2n) is 6.01. The lowest BCUT2D eigenvalue weighted by molar-refractivity contribution is 0.0600. The van der Waals surface area contributed by atoms with Crippen LogP contribution in [0.15, 0.2) is 58.3 Å². The third-order valence-electron chi connectivity index (χ3n) is 4.07. The highest BCUT2D eigenvalue weighted by molar-refractivity contribution is 7.71. The summed E-state index contributed by atoms with van der Waals surface area (Å²) in [7, 11) is 1.27. The number of carbonyl (C=O) groups is 1. The van der Waals surface area contributed by atoms with Gasteiger partial charge in [0.15, 0.2) is 4.77 Å². The molecule has 1 heterocycles. The van der Waals surface area contributed by atoms with Gasteiger partial charge in [-0.1, -0.05) is 18.2 Å². The van der Waals surface area contributed by atoms with Gasteiger partial charge in [-0.05, 0) is 48.1 Å². The highest BCUT2D eigenvalue weighted by Crippen LogP contribution is 2.18. The Labute approximate surface area is 169 Å². The van der Waals surface area contributed by atoms with Crippen molar-refractivity contribution in [2.24, 2.45) is 4.99 Å². The summed E-state index contributed by atoms with van der Waals surface area (Å²) >= 11 is 5.13. The molecular weight excluding hydrogens is 397 g/mol. The SMILES string of the molecule is COC(=O)c1cccc(N=Cc2c(O)n(Cc3ccc(F)cc3)c(=S)[nH]c2=O)c1. The van der Waals surface area contributed by atoms with E-state index in [4.69, 9.17) is 12.2 Å². The number of hydrogen-bond donors (Lipinski definition) is 2. The molecular formula is C20H16FN3O4S. The van der Waals surface area contributed by atoms with Crippen molar-refractivity contribution in [2.75, 3.05) is 7.11 Å². The van der Waals surface area contributed by atoms with E-state index in [0.717, 1.165) is 0 Å². The van der Waals surface area contributed by atoms with E-state index in [0.29, 0.717) is 16.8 Å². The largest absolute Gasteiger partial charge is 0.494 e. The van der Waals surface area contributed by atoms with Gasteiger partial charge < -0.3 is 9.84 Å². The van der Waals surface area contributed by atoms with Crippen LogP contribution < -0.4 is 5.56 Å². The van der Waals surface area contributed by atoms with Gasteiger partial charge in [0.05, 0.1) is 24.9 Å². The quantitative estimate of drug-likeness (QED) is 0.380. The van der Waals surface area contributed by atoms with Crippen LogP contribution in [0.1, 0.15) is 21.5 Å². The summed E-state index contributed by atoms with van der Waals surface area (Å²) in [5.41, 5.74) is 0.644. The molecule has 0 radical (unpaired) electrons. The number of aliphatic imine (C=N–C) groups is 1. The monoisotopic (exact) mass is 413 g/mol. The van der Waals surface area contributed by atoms with Gasteiger partial charge >= 0.3 is 5.97 Å². The second-order valence-corrected chi connectivity index (χ2v) is 6.40. The molecule has 1 aromatic heterocycles. The number of methoxy groups -OCH3 is 1. The number of halogens is 1. The van der Waals surface area contributed by atoms with Crippen LogP contribution in [0.4, 0.5) is 10.1 Å². The molecule has 0 aliphatic heterocycles. The Kier molecular flexibility index (Phi) is 5.99.